The van der Waals surface area contributed by atoms with Crippen molar-refractivity contribution in [2.75, 3.05) is 6.61 Å². The second kappa shape index (κ2) is 7.28. The van der Waals surface area contributed by atoms with Crippen LogP contribution >= 0.6 is 0 Å². The second-order valence-corrected chi connectivity index (χ2v) is 7.51. The molecule has 20 heavy (non-hydrogen) atoms. The predicted molar refractivity (Wildman–Crippen MR) is 84.5 cm³/mol. The highest BCUT2D eigenvalue weighted by atomic mass is 16.5. The zero-order chi connectivity index (χ0) is 15.3. The Kier molecular flexibility index (Phi) is 6.29. The standard InChI is InChI=1S/C18H32O2/c1-13(2)10-11-14(3)15(4)18(5,6)12-20-17(19)16-8-7-9-16/h10,14-16H,7-9,11-12H2,1-6H3/t14-,15-/m0/s1. The van der Waals surface area contributed by atoms with Crippen molar-refractivity contribution in [2.45, 2.75) is 67.2 Å². The number of hydrogen-bond acceptors (Lipinski definition) is 2. The van der Waals surface area contributed by atoms with Crippen LogP contribution in [-0.4, -0.2) is 12.6 Å². The normalized spacial score (nSPS) is 18.9. The van der Waals surface area contributed by atoms with Gasteiger partial charge >= 0.3 is 5.97 Å². The molecule has 2 atom stereocenters. The number of carbonyl (C=O) groups excluding carboxylic acids is 1. The Bertz CT molecular complexity index is 346. The summed E-state index contributed by atoms with van der Waals surface area (Å²) >= 11 is 0. The highest BCUT2D eigenvalue weighted by Gasteiger charge is 2.33. The van der Waals surface area contributed by atoms with Crippen molar-refractivity contribution < 1.29 is 9.53 Å². The van der Waals surface area contributed by atoms with Gasteiger partial charge in [0, 0.05) is 5.41 Å². The van der Waals surface area contributed by atoms with Gasteiger partial charge in [0.15, 0.2) is 0 Å². The van der Waals surface area contributed by atoms with E-state index in [0.717, 1.165) is 19.3 Å². The first-order valence-electron chi connectivity index (χ1n) is 8.04. The summed E-state index contributed by atoms with van der Waals surface area (Å²) < 4.78 is 5.55. The maximum atomic E-state index is 11.8. The lowest BCUT2D eigenvalue weighted by Gasteiger charge is -2.36. The largest absolute Gasteiger partial charge is 0.465 e. The summed E-state index contributed by atoms with van der Waals surface area (Å²) in [6.45, 7) is 13.8. The van der Waals surface area contributed by atoms with Crippen LogP contribution in [0.3, 0.4) is 0 Å². The molecule has 0 spiro atoms. The molecule has 0 aromatic heterocycles. The van der Waals surface area contributed by atoms with E-state index in [9.17, 15) is 4.79 Å². The summed E-state index contributed by atoms with van der Waals surface area (Å²) in [6, 6.07) is 0. The molecule has 1 fully saturated rings. The molecular weight excluding hydrogens is 248 g/mol. The Labute approximate surface area is 125 Å². The number of esters is 1. The Balaban J connectivity index is 2.44. The predicted octanol–water partition coefficient (Wildman–Crippen LogP) is 4.98. The Morgan fingerprint density at radius 3 is 2.35 bits per heavy atom. The quantitative estimate of drug-likeness (QED) is 0.485. The summed E-state index contributed by atoms with van der Waals surface area (Å²) in [4.78, 5) is 11.8. The fourth-order valence-electron chi connectivity index (χ4n) is 2.55. The van der Waals surface area contributed by atoms with E-state index in [-0.39, 0.29) is 17.3 Å². The summed E-state index contributed by atoms with van der Waals surface area (Å²) in [5.41, 5.74) is 1.41. The van der Waals surface area contributed by atoms with Crippen molar-refractivity contribution in [3.05, 3.63) is 11.6 Å². The van der Waals surface area contributed by atoms with Crippen LogP contribution in [0.15, 0.2) is 11.6 Å². The number of allylic oxidation sites excluding steroid dienone is 2. The molecule has 116 valence electrons. The Morgan fingerprint density at radius 1 is 1.30 bits per heavy atom. The fraction of sp³-hybridized carbons (Fsp3) is 0.833. The SMILES string of the molecule is CC(C)=CC[C@H](C)[C@H](C)C(C)(C)COC(=O)C1CCC1. The van der Waals surface area contributed by atoms with Crippen LogP contribution in [-0.2, 0) is 9.53 Å². The maximum absolute atomic E-state index is 11.8. The van der Waals surface area contributed by atoms with Gasteiger partial charge in [0.05, 0.1) is 12.5 Å². The molecule has 0 radical (unpaired) electrons. The molecule has 1 aliphatic rings. The Hall–Kier alpha value is -0.790. The number of carbonyl (C=O) groups is 1. The summed E-state index contributed by atoms with van der Waals surface area (Å²) in [6.07, 6.45) is 6.62. The molecule has 0 heterocycles. The van der Waals surface area contributed by atoms with Gasteiger partial charge in [0.1, 0.15) is 0 Å². The Morgan fingerprint density at radius 2 is 1.90 bits per heavy atom. The molecule has 0 bridgehead atoms. The maximum Gasteiger partial charge on any atom is 0.308 e. The molecule has 0 aromatic carbocycles. The molecule has 2 heteroatoms. The van der Waals surface area contributed by atoms with E-state index in [1.54, 1.807) is 0 Å². The number of hydrogen-bond donors (Lipinski definition) is 0. The van der Waals surface area contributed by atoms with E-state index in [1.165, 1.54) is 12.0 Å². The van der Waals surface area contributed by atoms with Crippen molar-refractivity contribution in [3.8, 4) is 0 Å². The lowest BCUT2D eigenvalue weighted by molar-refractivity contribution is -0.156. The van der Waals surface area contributed by atoms with Crippen molar-refractivity contribution in [1.29, 1.82) is 0 Å². The number of rotatable bonds is 7. The average molecular weight is 280 g/mol. The first-order valence-corrected chi connectivity index (χ1v) is 8.04. The van der Waals surface area contributed by atoms with Crippen LogP contribution in [0.4, 0.5) is 0 Å². The van der Waals surface area contributed by atoms with Crippen molar-refractivity contribution >= 4 is 5.97 Å². The second-order valence-electron chi connectivity index (χ2n) is 7.51. The smallest absolute Gasteiger partial charge is 0.308 e. The molecule has 0 saturated heterocycles. The third-order valence-electron chi connectivity index (χ3n) is 5.01. The van der Waals surface area contributed by atoms with E-state index in [0.29, 0.717) is 18.4 Å². The van der Waals surface area contributed by atoms with Crippen LogP contribution in [0, 0.1) is 23.2 Å². The highest BCUT2D eigenvalue weighted by molar-refractivity contribution is 5.73. The first-order chi connectivity index (χ1) is 9.24. The lowest BCUT2D eigenvalue weighted by Crippen LogP contribution is -2.34. The molecule has 0 N–H and O–H groups in total. The molecule has 1 aliphatic carbocycles. The van der Waals surface area contributed by atoms with Crippen LogP contribution in [0.2, 0.25) is 0 Å². The van der Waals surface area contributed by atoms with E-state index >= 15 is 0 Å². The van der Waals surface area contributed by atoms with E-state index in [4.69, 9.17) is 4.74 Å². The van der Waals surface area contributed by atoms with Crippen molar-refractivity contribution in [3.63, 3.8) is 0 Å². The number of ether oxygens (including phenoxy) is 1. The molecule has 0 aliphatic heterocycles. The minimum atomic E-state index is 0.0217. The minimum absolute atomic E-state index is 0.0217. The first kappa shape index (κ1) is 17.3. The monoisotopic (exact) mass is 280 g/mol. The van der Waals surface area contributed by atoms with Crippen LogP contribution in [0.25, 0.3) is 0 Å². The zero-order valence-electron chi connectivity index (χ0n) is 14.2. The molecule has 2 nitrogen and oxygen atoms in total. The third kappa shape index (κ3) is 4.96. The van der Waals surface area contributed by atoms with Gasteiger partial charge in [-0.2, -0.15) is 0 Å². The van der Waals surface area contributed by atoms with Gasteiger partial charge < -0.3 is 4.74 Å². The minimum Gasteiger partial charge on any atom is -0.465 e. The van der Waals surface area contributed by atoms with Crippen molar-refractivity contribution in [1.82, 2.24) is 0 Å². The zero-order valence-corrected chi connectivity index (χ0v) is 14.2. The summed E-state index contributed by atoms with van der Waals surface area (Å²) in [7, 11) is 0. The third-order valence-corrected chi connectivity index (χ3v) is 5.01. The molecule has 0 aromatic rings. The molecule has 1 rings (SSSR count). The van der Waals surface area contributed by atoms with Gasteiger partial charge in [-0.05, 0) is 44.9 Å². The topological polar surface area (TPSA) is 26.3 Å². The van der Waals surface area contributed by atoms with Crippen molar-refractivity contribution in [2.24, 2.45) is 23.2 Å². The van der Waals surface area contributed by atoms with Gasteiger partial charge in [0.2, 0.25) is 0 Å². The van der Waals surface area contributed by atoms with Gasteiger partial charge in [-0.25, -0.2) is 0 Å². The molecule has 0 amide bonds. The average Bonchev–Trinajstić information content (AvgIpc) is 2.30. The van der Waals surface area contributed by atoms with E-state index in [1.807, 2.05) is 0 Å². The van der Waals surface area contributed by atoms with Gasteiger partial charge in [-0.1, -0.05) is 45.8 Å². The van der Waals surface area contributed by atoms with E-state index < -0.39 is 0 Å². The summed E-state index contributed by atoms with van der Waals surface area (Å²) in [5.74, 6) is 1.33. The van der Waals surface area contributed by atoms with Crippen LogP contribution in [0.1, 0.15) is 67.2 Å². The lowest BCUT2D eigenvalue weighted by atomic mass is 9.73. The fourth-order valence-corrected chi connectivity index (χ4v) is 2.55. The molecule has 1 saturated carbocycles. The van der Waals surface area contributed by atoms with Crippen LogP contribution < -0.4 is 0 Å². The van der Waals surface area contributed by atoms with Gasteiger partial charge in [-0.3, -0.25) is 4.79 Å². The summed E-state index contributed by atoms with van der Waals surface area (Å²) in [5, 5.41) is 0. The van der Waals surface area contributed by atoms with E-state index in [2.05, 4.69) is 47.6 Å². The molecular formula is C18H32O2. The molecule has 0 unspecified atom stereocenters. The van der Waals surface area contributed by atoms with Gasteiger partial charge in [-0.15, -0.1) is 0 Å². The van der Waals surface area contributed by atoms with Crippen LogP contribution in [0.5, 0.6) is 0 Å². The highest BCUT2D eigenvalue weighted by Crippen LogP contribution is 2.35. The van der Waals surface area contributed by atoms with Gasteiger partial charge in [0.25, 0.3) is 0 Å².